The van der Waals surface area contributed by atoms with Gasteiger partial charge in [-0.15, -0.1) is 0 Å². The van der Waals surface area contributed by atoms with Crippen LogP contribution >= 0.6 is 0 Å². The zero-order valence-corrected chi connectivity index (χ0v) is 13.9. The Bertz CT molecular complexity index is 653. The van der Waals surface area contributed by atoms with E-state index in [0.717, 1.165) is 16.9 Å². The molecular weight excluding hydrogens is 288 g/mol. The first-order chi connectivity index (χ1) is 10.9. The van der Waals surface area contributed by atoms with Crippen molar-refractivity contribution in [3.63, 3.8) is 0 Å². The van der Waals surface area contributed by atoms with Gasteiger partial charge >= 0.3 is 0 Å². The van der Waals surface area contributed by atoms with Gasteiger partial charge in [0.05, 0.1) is 12.6 Å². The lowest BCUT2D eigenvalue weighted by atomic mass is 9.92. The van der Waals surface area contributed by atoms with Crippen LogP contribution in [0.25, 0.3) is 0 Å². The number of benzene rings is 2. The van der Waals surface area contributed by atoms with E-state index < -0.39 is 5.54 Å². The summed E-state index contributed by atoms with van der Waals surface area (Å²) in [6.07, 6.45) is 0.239. The number of nitrogens with one attached hydrogen (secondary N) is 1. The largest absolute Gasteiger partial charge is 0.496 e. The zero-order valence-electron chi connectivity index (χ0n) is 13.9. The van der Waals surface area contributed by atoms with Gasteiger partial charge in [0.25, 0.3) is 0 Å². The summed E-state index contributed by atoms with van der Waals surface area (Å²) in [5.74, 6) is 0.669. The van der Waals surface area contributed by atoms with E-state index in [2.05, 4.69) is 5.32 Å². The number of carbonyl (C=O) groups excluding carboxylic acids is 1. The molecule has 0 heterocycles. The highest BCUT2D eigenvalue weighted by Crippen LogP contribution is 2.29. The van der Waals surface area contributed by atoms with Crippen molar-refractivity contribution in [1.82, 2.24) is 5.32 Å². The van der Waals surface area contributed by atoms with E-state index in [4.69, 9.17) is 10.5 Å². The number of carbonyl (C=O) groups is 1. The van der Waals surface area contributed by atoms with Gasteiger partial charge in [-0.1, -0.05) is 48.5 Å². The molecule has 0 fully saturated rings. The van der Waals surface area contributed by atoms with Crippen molar-refractivity contribution in [2.75, 3.05) is 7.11 Å². The third kappa shape index (κ3) is 4.33. The summed E-state index contributed by atoms with van der Waals surface area (Å²) in [5, 5.41) is 3.05. The molecule has 1 unspecified atom stereocenters. The summed E-state index contributed by atoms with van der Waals surface area (Å²) in [7, 11) is 1.63. The highest BCUT2D eigenvalue weighted by atomic mass is 16.5. The number of methoxy groups -OCH3 is 1. The van der Waals surface area contributed by atoms with Crippen LogP contribution in [-0.2, 0) is 10.3 Å². The molecule has 0 radical (unpaired) electrons. The first-order valence-electron chi connectivity index (χ1n) is 7.69. The molecule has 3 N–H and O–H groups in total. The van der Waals surface area contributed by atoms with Crippen LogP contribution < -0.4 is 15.8 Å². The molecule has 0 aliphatic heterocycles. The number of hydrogen-bond donors (Lipinski definition) is 2. The molecular formula is C19H24N2O2. The fourth-order valence-corrected chi connectivity index (χ4v) is 2.65. The Hall–Kier alpha value is -2.33. The van der Waals surface area contributed by atoms with Gasteiger partial charge in [-0.2, -0.15) is 0 Å². The molecule has 2 aromatic carbocycles. The predicted octanol–water partition coefficient (Wildman–Crippen LogP) is 3.14. The normalized spacial score (nSPS) is 12.5. The number of rotatable bonds is 6. The van der Waals surface area contributed by atoms with E-state index in [0.29, 0.717) is 0 Å². The second-order valence-corrected chi connectivity index (χ2v) is 6.09. The van der Waals surface area contributed by atoms with Gasteiger partial charge in [0, 0.05) is 18.0 Å². The molecule has 2 aromatic rings. The Labute approximate surface area is 137 Å². The van der Waals surface area contributed by atoms with E-state index >= 15 is 0 Å². The first kappa shape index (κ1) is 17.0. The van der Waals surface area contributed by atoms with Crippen LogP contribution in [0.4, 0.5) is 0 Å². The number of ether oxygens (including phenoxy) is 1. The minimum absolute atomic E-state index is 0.0859. The van der Waals surface area contributed by atoms with Crippen LogP contribution in [0.3, 0.4) is 0 Å². The summed E-state index contributed by atoms with van der Waals surface area (Å²) < 4.78 is 5.39. The van der Waals surface area contributed by atoms with Crippen molar-refractivity contribution in [2.24, 2.45) is 5.73 Å². The Morgan fingerprint density at radius 2 is 1.74 bits per heavy atom. The van der Waals surface area contributed by atoms with E-state index in [1.54, 1.807) is 7.11 Å². The molecule has 4 heteroatoms. The van der Waals surface area contributed by atoms with Crippen LogP contribution in [0.5, 0.6) is 5.75 Å². The highest BCUT2D eigenvalue weighted by Gasteiger charge is 2.26. The summed E-state index contributed by atoms with van der Waals surface area (Å²) in [6, 6.07) is 17.0. The standard InChI is InChI=1S/C19H24N2O2/c1-19(2,15-11-7-8-12-17(15)23-3)21-18(22)13-16(20)14-9-5-4-6-10-14/h4-12,16H,13,20H2,1-3H3,(H,21,22). The molecule has 0 saturated heterocycles. The molecule has 0 aliphatic carbocycles. The second-order valence-electron chi connectivity index (χ2n) is 6.09. The van der Waals surface area contributed by atoms with Crippen LogP contribution in [-0.4, -0.2) is 13.0 Å². The van der Waals surface area contributed by atoms with Crippen molar-refractivity contribution in [3.8, 4) is 5.75 Å². The molecule has 1 amide bonds. The van der Waals surface area contributed by atoms with Gasteiger partial charge in [-0.3, -0.25) is 4.79 Å². The highest BCUT2D eigenvalue weighted by molar-refractivity contribution is 5.78. The average molecular weight is 312 g/mol. The fourth-order valence-electron chi connectivity index (χ4n) is 2.65. The number of amides is 1. The molecule has 1 atom stereocenters. The molecule has 0 saturated carbocycles. The molecule has 2 rings (SSSR count). The monoisotopic (exact) mass is 312 g/mol. The Morgan fingerprint density at radius 1 is 1.13 bits per heavy atom. The fraction of sp³-hybridized carbons (Fsp3) is 0.316. The Morgan fingerprint density at radius 3 is 2.39 bits per heavy atom. The van der Waals surface area contributed by atoms with Gasteiger partial charge in [0.2, 0.25) is 5.91 Å². The average Bonchev–Trinajstić information content (AvgIpc) is 2.55. The number of nitrogens with two attached hydrogens (primary N) is 1. The summed E-state index contributed by atoms with van der Waals surface area (Å²) in [4.78, 5) is 12.4. The molecule has 0 bridgehead atoms. The maximum absolute atomic E-state index is 12.4. The van der Waals surface area contributed by atoms with E-state index in [1.807, 2.05) is 68.4 Å². The van der Waals surface area contributed by atoms with Gasteiger partial charge in [-0.25, -0.2) is 0 Å². The molecule has 122 valence electrons. The summed E-state index contributed by atoms with van der Waals surface area (Å²) in [6.45, 7) is 3.91. The minimum Gasteiger partial charge on any atom is -0.496 e. The van der Waals surface area contributed by atoms with E-state index in [9.17, 15) is 4.79 Å². The van der Waals surface area contributed by atoms with Gasteiger partial charge < -0.3 is 15.8 Å². The lowest BCUT2D eigenvalue weighted by Crippen LogP contribution is -2.42. The van der Waals surface area contributed by atoms with Crippen molar-refractivity contribution in [2.45, 2.75) is 31.8 Å². The quantitative estimate of drug-likeness (QED) is 0.861. The van der Waals surface area contributed by atoms with Crippen molar-refractivity contribution < 1.29 is 9.53 Å². The molecule has 4 nitrogen and oxygen atoms in total. The van der Waals surface area contributed by atoms with E-state index in [1.165, 1.54) is 0 Å². The third-order valence-corrected chi connectivity index (χ3v) is 3.87. The molecule has 0 spiro atoms. The smallest absolute Gasteiger partial charge is 0.222 e. The van der Waals surface area contributed by atoms with Gasteiger partial charge in [0.1, 0.15) is 5.75 Å². The molecule has 23 heavy (non-hydrogen) atoms. The predicted molar refractivity (Wildman–Crippen MR) is 92.2 cm³/mol. The van der Waals surface area contributed by atoms with Crippen LogP contribution in [0.1, 0.15) is 37.4 Å². The van der Waals surface area contributed by atoms with Crippen LogP contribution in [0.2, 0.25) is 0 Å². The topological polar surface area (TPSA) is 64.3 Å². The zero-order chi connectivity index (χ0) is 16.9. The summed E-state index contributed by atoms with van der Waals surface area (Å²) >= 11 is 0. The lowest BCUT2D eigenvalue weighted by molar-refractivity contribution is -0.123. The SMILES string of the molecule is COc1ccccc1C(C)(C)NC(=O)CC(N)c1ccccc1. The lowest BCUT2D eigenvalue weighted by Gasteiger charge is -2.29. The number of para-hydroxylation sites is 1. The van der Waals surface area contributed by atoms with Crippen molar-refractivity contribution in [1.29, 1.82) is 0 Å². The molecule has 0 aromatic heterocycles. The molecule has 0 aliphatic rings. The Kier molecular flexibility index (Phi) is 5.40. The van der Waals surface area contributed by atoms with Gasteiger partial charge in [-0.05, 0) is 25.5 Å². The van der Waals surface area contributed by atoms with Crippen LogP contribution in [0.15, 0.2) is 54.6 Å². The maximum atomic E-state index is 12.4. The van der Waals surface area contributed by atoms with Crippen LogP contribution in [0, 0.1) is 0 Å². The summed E-state index contributed by atoms with van der Waals surface area (Å²) in [5.41, 5.74) is 7.47. The van der Waals surface area contributed by atoms with Crippen molar-refractivity contribution >= 4 is 5.91 Å². The number of hydrogen-bond acceptors (Lipinski definition) is 3. The second kappa shape index (κ2) is 7.29. The first-order valence-corrected chi connectivity index (χ1v) is 7.69. The third-order valence-electron chi connectivity index (χ3n) is 3.87. The van der Waals surface area contributed by atoms with E-state index in [-0.39, 0.29) is 18.4 Å². The van der Waals surface area contributed by atoms with Gasteiger partial charge in [0.15, 0.2) is 0 Å². The minimum atomic E-state index is -0.542. The van der Waals surface area contributed by atoms with Crippen molar-refractivity contribution in [3.05, 3.63) is 65.7 Å². The maximum Gasteiger partial charge on any atom is 0.222 e. The Balaban J connectivity index is 2.06.